The second-order valence-corrected chi connectivity index (χ2v) is 18.6. The summed E-state index contributed by atoms with van der Waals surface area (Å²) in [5.41, 5.74) is 0. The van der Waals surface area contributed by atoms with Gasteiger partial charge in [-0.1, -0.05) is 131 Å². The van der Waals surface area contributed by atoms with E-state index in [1.165, 1.54) is 0 Å². The van der Waals surface area contributed by atoms with Crippen LogP contribution < -0.4 is 5.32 Å². The first-order valence-corrected chi connectivity index (χ1v) is 26.3. The van der Waals surface area contributed by atoms with Crippen molar-refractivity contribution in [1.29, 1.82) is 0 Å². The first kappa shape index (κ1) is 64.3. The van der Waals surface area contributed by atoms with Crippen LogP contribution in [0.1, 0.15) is 117 Å². The number of aliphatic hydroxyl groups is 11. The number of amides is 1. The minimum Gasteiger partial charge on any atom is -0.394 e. The number of hydrogen-bond donors (Lipinski definition) is 12. The molecule has 0 aromatic rings. The maximum absolute atomic E-state index is 13.1. The molecule has 0 bridgehead atoms. The number of rotatable bonds is 35. The van der Waals surface area contributed by atoms with E-state index in [0.29, 0.717) is 25.7 Å². The van der Waals surface area contributed by atoms with Gasteiger partial charge in [0.15, 0.2) is 18.9 Å². The van der Waals surface area contributed by atoms with Crippen LogP contribution >= 0.6 is 0 Å². The predicted molar refractivity (Wildman–Crippen MR) is 272 cm³/mol. The van der Waals surface area contributed by atoms with Gasteiger partial charge in [0.1, 0.15) is 73.2 Å². The summed E-state index contributed by atoms with van der Waals surface area (Å²) in [6, 6.07) is -0.919. The molecule has 0 radical (unpaired) electrons. The Labute approximate surface area is 431 Å². The summed E-state index contributed by atoms with van der Waals surface area (Å²) in [6.45, 7) is 1.47. The average Bonchev–Trinajstić information content (AvgIpc) is 3.38. The number of hydrogen-bond acceptors (Lipinski definition) is 18. The van der Waals surface area contributed by atoms with E-state index >= 15 is 0 Å². The molecule has 0 aliphatic carbocycles. The van der Waals surface area contributed by atoms with Crippen molar-refractivity contribution in [2.75, 3.05) is 26.4 Å². The summed E-state index contributed by atoms with van der Waals surface area (Å²) in [5.74, 6) is -0.314. The fraction of sp³-hybridized carbons (Fsp3) is 0.722. The van der Waals surface area contributed by atoms with E-state index in [1.807, 2.05) is 12.2 Å². The zero-order valence-electron chi connectivity index (χ0n) is 42.8. The van der Waals surface area contributed by atoms with Crippen molar-refractivity contribution in [3.63, 3.8) is 0 Å². The summed E-state index contributed by atoms with van der Waals surface area (Å²) in [4.78, 5) is 13.1. The molecule has 3 rings (SSSR count). The normalized spacial score (nSPS) is 32.4. The average molecular weight is 1040 g/mol. The molecule has 0 spiro atoms. The number of carbonyl (C=O) groups is 1. The van der Waals surface area contributed by atoms with Gasteiger partial charge in [-0.25, -0.2) is 0 Å². The van der Waals surface area contributed by atoms with Crippen LogP contribution in [0, 0.1) is 0 Å². The molecule has 73 heavy (non-hydrogen) atoms. The lowest BCUT2D eigenvalue weighted by Gasteiger charge is -2.48. The smallest absolute Gasteiger partial charge is 0.220 e. The van der Waals surface area contributed by atoms with Crippen LogP contribution in [0.25, 0.3) is 0 Å². The number of unbranched alkanes of at least 4 members (excludes halogenated alkanes) is 5. The molecule has 3 heterocycles. The number of allylic oxidation sites excluding steroid dienone is 14. The van der Waals surface area contributed by atoms with Crippen LogP contribution in [0.2, 0.25) is 0 Å². The van der Waals surface area contributed by atoms with Crippen molar-refractivity contribution >= 4 is 5.91 Å². The number of carbonyl (C=O) groups excluding carboxylic acids is 1. The molecule has 1 amide bonds. The summed E-state index contributed by atoms with van der Waals surface area (Å²) >= 11 is 0. The van der Waals surface area contributed by atoms with Crippen LogP contribution in [0.5, 0.6) is 0 Å². The molecule has 418 valence electrons. The number of nitrogens with one attached hydrogen (secondary N) is 1. The molecule has 3 aliphatic heterocycles. The lowest BCUT2D eigenvalue weighted by molar-refractivity contribution is -0.379. The summed E-state index contributed by atoms with van der Waals surface area (Å²) in [5, 5.41) is 119. The van der Waals surface area contributed by atoms with Crippen LogP contribution in [0.3, 0.4) is 0 Å². The molecule has 0 aromatic carbocycles. The van der Waals surface area contributed by atoms with Crippen LogP contribution in [0.15, 0.2) is 85.1 Å². The fourth-order valence-corrected chi connectivity index (χ4v) is 8.36. The van der Waals surface area contributed by atoms with Gasteiger partial charge in [-0.3, -0.25) is 4.79 Å². The summed E-state index contributed by atoms with van der Waals surface area (Å²) in [7, 11) is 0. The molecule has 0 saturated carbocycles. The molecule has 19 nitrogen and oxygen atoms in total. The molecule has 3 saturated heterocycles. The minimum atomic E-state index is -1.98. The maximum Gasteiger partial charge on any atom is 0.220 e. The first-order chi connectivity index (χ1) is 35.3. The van der Waals surface area contributed by atoms with E-state index in [0.717, 1.165) is 70.6 Å². The highest BCUT2D eigenvalue weighted by Gasteiger charge is 2.53. The molecule has 12 N–H and O–H groups in total. The Morgan fingerprint density at radius 3 is 1.41 bits per heavy atom. The lowest BCUT2D eigenvalue weighted by atomic mass is 9.96. The largest absolute Gasteiger partial charge is 0.394 e. The van der Waals surface area contributed by atoms with Crippen molar-refractivity contribution in [3.05, 3.63) is 85.1 Å². The van der Waals surface area contributed by atoms with E-state index in [9.17, 15) is 61.0 Å². The zero-order chi connectivity index (χ0) is 53.4. The predicted octanol–water partition coefficient (Wildman–Crippen LogP) is 2.47. The molecule has 17 unspecified atom stereocenters. The van der Waals surface area contributed by atoms with Gasteiger partial charge in [0.05, 0.1) is 38.6 Å². The highest BCUT2D eigenvalue weighted by molar-refractivity contribution is 5.76. The molecule has 19 heteroatoms. The van der Waals surface area contributed by atoms with Crippen LogP contribution in [-0.2, 0) is 33.2 Å². The Bertz CT molecular complexity index is 1670. The van der Waals surface area contributed by atoms with E-state index in [1.54, 1.807) is 0 Å². The van der Waals surface area contributed by atoms with Gasteiger partial charge in [0.2, 0.25) is 5.91 Å². The van der Waals surface area contributed by atoms with Crippen molar-refractivity contribution < 1.29 is 89.4 Å². The lowest BCUT2D eigenvalue weighted by Crippen LogP contribution is -2.66. The van der Waals surface area contributed by atoms with E-state index in [2.05, 4.69) is 92.1 Å². The SMILES string of the molecule is CC/C=C\C/C=C\C/C=C\C/C=C\C/C=C\C/C=C\C/C=C\CCCC(=O)NC(COC1OC(CO)C(OC2OC(CO)C(OC3OC(CO)C(O)C(O)C3O)C(O)C2O)C(O)C1O)C(O)CCCCCCC. The molecule has 17 atom stereocenters. The van der Waals surface area contributed by atoms with Crippen molar-refractivity contribution in [2.24, 2.45) is 0 Å². The third-order valence-electron chi connectivity index (χ3n) is 12.7. The van der Waals surface area contributed by atoms with E-state index in [-0.39, 0.29) is 18.9 Å². The van der Waals surface area contributed by atoms with Crippen molar-refractivity contribution in [1.82, 2.24) is 5.32 Å². The maximum atomic E-state index is 13.1. The first-order valence-electron chi connectivity index (χ1n) is 26.3. The Kier molecular flexibility index (Phi) is 33.2. The number of aliphatic hydroxyl groups excluding tert-OH is 11. The van der Waals surface area contributed by atoms with Crippen LogP contribution in [-0.4, -0.2) is 193 Å². The highest BCUT2D eigenvalue weighted by atomic mass is 16.8. The zero-order valence-corrected chi connectivity index (χ0v) is 42.8. The summed E-state index contributed by atoms with van der Waals surface area (Å²) < 4.78 is 34.0. The number of ether oxygens (including phenoxy) is 6. The van der Waals surface area contributed by atoms with Gasteiger partial charge in [-0.15, -0.1) is 0 Å². The monoisotopic (exact) mass is 1040 g/mol. The third kappa shape index (κ3) is 23.0. The van der Waals surface area contributed by atoms with Crippen molar-refractivity contribution in [2.45, 2.75) is 221 Å². The van der Waals surface area contributed by atoms with Crippen molar-refractivity contribution in [3.8, 4) is 0 Å². The second kappa shape index (κ2) is 37.7. The Morgan fingerprint density at radius 2 is 0.932 bits per heavy atom. The standard InChI is InChI=1S/C54H89NO18/c1-3-5-7-9-10-11-12-13-14-15-16-17-18-19-20-21-22-23-24-25-26-28-30-32-42(60)55-37(38(59)31-29-27-8-6-4-2)36-68-52-48(66)45(63)50(40(34-57)70-52)73-54-49(67)46(64)51(41(35-58)71-54)72-53-47(65)44(62)43(61)39(33-56)69-53/h5,7,10-11,13-14,16-17,19-20,22-23,25-26,37-41,43-54,56-59,61-67H,3-4,6,8-9,12,15,18,21,24,27-36H2,1-2H3,(H,55,60)/b7-5-,11-10-,14-13-,17-16-,20-19-,23-22-,26-25-. The topological polar surface area (TPSA) is 307 Å². The van der Waals surface area contributed by atoms with E-state index in [4.69, 9.17) is 28.4 Å². The molecule has 3 fully saturated rings. The fourth-order valence-electron chi connectivity index (χ4n) is 8.36. The molecular formula is C54H89NO18. The Hall–Kier alpha value is -3.03. The van der Waals surface area contributed by atoms with Gasteiger partial charge >= 0.3 is 0 Å². The van der Waals surface area contributed by atoms with E-state index < -0.39 is 124 Å². The van der Waals surface area contributed by atoms with Gasteiger partial charge in [-0.2, -0.15) is 0 Å². The summed E-state index contributed by atoms with van der Waals surface area (Å²) in [6.07, 6.45) is 16.2. The van der Waals surface area contributed by atoms with Gasteiger partial charge in [0, 0.05) is 6.42 Å². The molecular weight excluding hydrogens is 951 g/mol. The van der Waals surface area contributed by atoms with Gasteiger partial charge in [0.25, 0.3) is 0 Å². The van der Waals surface area contributed by atoms with Gasteiger partial charge in [-0.05, 0) is 64.2 Å². The highest BCUT2D eigenvalue weighted by Crippen LogP contribution is 2.33. The third-order valence-corrected chi connectivity index (χ3v) is 12.7. The molecule has 0 aromatic heterocycles. The minimum absolute atomic E-state index is 0.179. The Morgan fingerprint density at radius 1 is 0.507 bits per heavy atom. The Balaban J connectivity index is 1.47. The second-order valence-electron chi connectivity index (χ2n) is 18.6. The van der Waals surface area contributed by atoms with Gasteiger partial charge < -0.3 is 89.9 Å². The molecule has 3 aliphatic rings. The quantitative estimate of drug-likeness (QED) is 0.0321. The van der Waals surface area contributed by atoms with Crippen LogP contribution in [0.4, 0.5) is 0 Å².